The maximum absolute atomic E-state index is 5.54. The molecule has 5 nitrogen and oxygen atoms in total. The van der Waals surface area contributed by atoms with Crippen LogP contribution in [-0.4, -0.2) is 63.2 Å². The highest BCUT2D eigenvalue weighted by molar-refractivity contribution is 7.80. The molecule has 4 aliphatic rings. The fourth-order valence-corrected chi connectivity index (χ4v) is 7.43. The molecule has 2 bridgehead atoms. The van der Waals surface area contributed by atoms with E-state index in [1.807, 2.05) is 7.05 Å². The van der Waals surface area contributed by atoms with Gasteiger partial charge in [-0.25, -0.2) is 4.98 Å². The third kappa shape index (κ3) is 4.05. The second-order valence-electron chi connectivity index (χ2n) is 10.9. The predicted molar refractivity (Wildman–Crippen MR) is 147 cm³/mol. The van der Waals surface area contributed by atoms with Crippen LogP contribution in [0.5, 0.6) is 0 Å². The molecule has 2 aromatic carbocycles. The largest absolute Gasteiger partial charge is 0.366 e. The summed E-state index contributed by atoms with van der Waals surface area (Å²) < 4.78 is 2.53. The summed E-state index contributed by atoms with van der Waals surface area (Å²) in [6.45, 7) is 5.46. The first kappa shape index (κ1) is 23.0. The summed E-state index contributed by atoms with van der Waals surface area (Å²) in [5.74, 6) is 1.17. The van der Waals surface area contributed by atoms with Crippen LogP contribution in [0.3, 0.4) is 0 Å². The Morgan fingerprint density at radius 3 is 2.34 bits per heavy atom. The molecular weight excluding hydrogens is 450 g/mol. The number of hydrogen-bond acceptors (Lipinski definition) is 3. The van der Waals surface area contributed by atoms with Crippen molar-refractivity contribution in [2.45, 2.75) is 69.0 Å². The number of nitrogens with one attached hydrogen (secondary N) is 1. The van der Waals surface area contributed by atoms with Crippen molar-refractivity contribution in [3.63, 3.8) is 0 Å². The van der Waals surface area contributed by atoms with E-state index in [-0.39, 0.29) is 5.41 Å². The number of aromatic nitrogens is 2. The van der Waals surface area contributed by atoms with Crippen LogP contribution in [0.1, 0.15) is 56.0 Å². The molecule has 1 saturated carbocycles. The van der Waals surface area contributed by atoms with Crippen LogP contribution in [-0.2, 0) is 5.41 Å². The summed E-state index contributed by atoms with van der Waals surface area (Å²) in [6, 6.07) is 21.9. The number of imidazole rings is 1. The number of rotatable bonds is 5. The summed E-state index contributed by atoms with van der Waals surface area (Å²) in [6.07, 6.45) is 7.45. The molecule has 3 aromatic rings. The molecule has 0 spiro atoms. The number of fused-ring (bicyclic) bond motifs is 3. The normalized spacial score (nSPS) is 25.9. The van der Waals surface area contributed by atoms with E-state index in [2.05, 4.69) is 81.2 Å². The molecule has 0 radical (unpaired) electrons. The highest BCUT2D eigenvalue weighted by Crippen LogP contribution is 2.46. The summed E-state index contributed by atoms with van der Waals surface area (Å²) in [7, 11) is 1.94. The number of hydrogen-bond donors (Lipinski definition) is 1. The zero-order valence-electron chi connectivity index (χ0n) is 21.0. The second-order valence-corrected chi connectivity index (χ2v) is 11.2. The van der Waals surface area contributed by atoms with E-state index in [1.165, 1.54) is 62.0 Å². The number of para-hydroxylation sites is 2. The Morgan fingerprint density at radius 2 is 1.63 bits per heavy atom. The Morgan fingerprint density at radius 1 is 0.971 bits per heavy atom. The quantitative estimate of drug-likeness (QED) is 0.510. The van der Waals surface area contributed by atoms with Crippen LogP contribution in [0.4, 0.5) is 0 Å². The maximum Gasteiger partial charge on any atom is 0.168 e. The number of thiocarbonyl (C=S) groups is 1. The Kier molecular flexibility index (Phi) is 6.05. The van der Waals surface area contributed by atoms with Gasteiger partial charge in [-0.05, 0) is 87.3 Å². The van der Waals surface area contributed by atoms with E-state index in [0.717, 1.165) is 23.7 Å². The molecule has 2 atom stereocenters. The van der Waals surface area contributed by atoms with Gasteiger partial charge in [0.15, 0.2) is 5.11 Å². The Bertz CT molecular complexity index is 1180. The lowest BCUT2D eigenvalue weighted by Gasteiger charge is -2.57. The Labute approximate surface area is 214 Å². The highest BCUT2D eigenvalue weighted by atomic mass is 32.1. The van der Waals surface area contributed by atoms with Crippen molar-refractivity contribution >= 4 is 28.4 Å². The molecule has 1 N–H and O–H groups in total. The minimum atomic E-state index is 0.252. The molecule has 4 fully saturated rings. The monoisotopic (exact) mass is 487 g/mol. The van der Waals surface area contributed by atoms with Crippen molar-refractivity contribution in [1.82, 2.24) is 24.7 Å². The number of benzene rings is 2. The van der Waals surface area contributed by atoms with E-state index in [4.69, 9.17) is 17.2 Å². The third-order valence-electron chi connectivity index (χ3n) is 9.16. The maximum atomic E-state index is 5.54. The fraction of sp³-hybridized carbons (Fsp3) is 0.517. The minimum Gasteiger partial charge on any atom is -0.366 e. The van der Waals surface area contributed by atoms with Crippen molar-refractivity contribution < 1.29 is 0 Å². The molecule has 2 unspecified atom stereocenters. The topological polar surface area (TPSA) is 36.3 Å². The zero-order chi connectivity index (χ0) is 24.0. The van der Waals surface area contributed by atoms with Gasteiger partial charge in [-0.2, -0.15) is 0 Å². The van der Waals surface area contributed by atoms with Crippen LogP contribution >= 0.6 is 12.2 Å². The van der Waals surface area contributed by atoms with Crippen LogP contribution < -0.4 is 5.32 Å². The van der Waals surface area contributed by atoms with Gasteiger partial charge in [-0.3, -0.25) is 4.90 Å². The van der Waals surface area contributed by atoms with Crippen LogP contribution in [0.2, 0.25) is 0 Å². The molecule has 3 saturated heterocycles. The Balaban J connectivity index is 1.15. The molecule has 1 aromatic heterocycles. The van der Waals surface area contributed by atoms with Gasteiger partial charge in [0.05, 0.1) is 11.0 Å². The SMILES string of the molecule is CNC(=S)N1CCC(CCN2C3CC2CC(n2c(C)nc4ccccc42)C3)(c2ccccc2)CC1. The molecule has 7 rings (SSSR count). The summed E-state index contributed by atoms with van der Waals surface area (Å²) in [5, 5.41) is 4.06. The first-order valence-electron chi connectivity index (χ1n) is 13.3. The summed E-state index contributed by atoms with van der Waals surface area (Å²) in [4.78, 5) is 10.0. The van der Waals surface area contributed by atoms with Gasteiger partial charge >= 0.3 is 0 Å². The van der Waals surface area contributed by atoms with Gasteiger partial charge in [0.1, 0.15) is 5.82 Å². The lowest BCUT2D eigenvalue weighted by molar-refractivity contribution is -0.0532. The second kappa shape index (κ2) is 9.21. The minimum absolute atomic E-state index is 0.252. The van der Waals surface area contributed by atoms with Gasteiger partial charge in [0.2, 0.25) is 0 Å². The summed E-state index contributed by atoms with van der Waals surface area (Å²) in [5.41, 5.74) is 4.20. The standard InChI is InChI=1S/C29H37N5S/c1-21-31-26-10-6-7-11-27(26)34(21)25-19-23-18-24(20-25)33(23)17-14-29(22-8-4-3-5-9-22)12-15-32(16-13-29)28(35)30-2/h3-11,23-25H,12-20H2,1-2H3,(H,30,35). The van der Waals surface area contributed by atoms with Crippen LogP contribution in [0.15, 0.2) is 54.6 Å². The number of piperidine rings is 2. The smallest absolute Gasteiger partial charge is 0.168 e. The van der Waals surface area contributed by atoms with E-state index in [1.54, 1.807) is 0 Å². The van der Waals surface area contributed by atoms with Gasteiger partial charge < -0.3 is 14.8 Å². The van der Waals surface area contributed by atoms with Crippen molar-refractivity contribution in [3.8, 4) is 0 Å². The molecule has 0 amide bonds. The van der Waals surface area contributed by atoms with Gasteiger partial charge in [0, 0.05) is 38.3 Å². The van der Waals surface area contributed by atoms with Crippen LogP contribution in [0.25, 0.3) is 11.0 Å². The number of likely N-dealkylation sites (tertiary alicyclic amines) is 1. The third-order valence-corrected chi connectivity index (χ3v) is 9.63. The molecular formula is C29H37N5S. The van der Waals surface area contributed by atoms with Crippen molar-refractivity contribution in [2.24, 2.45) is 0 Å². The first-order chi connectivity index (χ1) is 17.1. The molecule has 4 heterocycles. The van der Waals surface area contributed by atoms with E-state index >= 15 is 0 Å². The van der Waals surface area contributed by atoms with Crippen LogP contribution in [0, 0.1) is 6.92 Å². The van der Waals surface area contributed by atoms with Crippen molar-refractivity contribution in [3.05, 3.63) is 66.0 Å². The number of nitrogens with zero attached hydrogens (tertiary/aromatic N) is 4. The predicted octanol–water partition coefficient (Wildman–Crippen LogP) is 5.05. The molecule has 184 valence electrons. The van der Waals surface area contributed by atoms with Gasteiger partial charge in [0.25, 0.3) is 0 Å². The molecule has 3 aliphatic heterocycles. The molecule has 35 heavy (non-hydrogen) atoms. The van der Waals surface area contributed by atoms with Crippen molar-refractivity contribution in [2.75, 3.05) is 26.7 Å². The van der Waals surface area contributed by atoms with Gasteiger partial charge in [-0.15, -0.1) is 0 Å². The highest BCUT2D eigenvalue weighted by Gasteiger charge is 2.47. The lowest BCUT2D eigenvalue weighted by Crippen LogP contribution is -2.61. The van der Waals surface area contributed by atoms with E-state index < -0.39 is 0 Å². The van der Waals surface area contributed by atoms with E-state index in [9.17, 15) is 0 Å². The first-order valence-corrected chi connectivity index (χ1v) is 13.7. The zero-order valence-corrected chi connectivity index (χ0v) is 21.8. The number of aryl methyl sites for hydroxylation is 1. The molecule has 1 aliphatic carbocycles. The molecule has 6 heteroatoms. The average molecular weight is 488 g/mol. The Hall–Kier alpha value is -2.44. The lowest BCUT2D eigenvalue weighted by atomic mass is 9.69. The summed E-state index contributed by atoms with van der Waals surface area (Å²) >= 11 is 5.54. The van der Waals surface area contributed by atoms with E-state index in [0.29, 0.717) is 18.1 Å². The van der Waals surface area contributed by atoms with Gasteiger partial charge in [-0.1, -0.05) is 42.5 Å². The fourth-order valence-electron chi connectivity index (χ4n) is 7.25. The van der Waals surface area contributed by atoms with Crippen molar-refractivity contribution in [1.29, 1.82) is 0 Å². The average Bonchev–Trinajstić information content (AvgIpc) is 3.25.